The Labute approximate surface area is 117 Å². The Kier molecular flexibility index (Phi) is 3.16. The second-order valence-electron chi connectivity index (χ2n) is 4.42. The number of anilines is 1. The van der Waals surface area contributed by atoms with Gasteiger partial charge in [-0.3, -0.25) is 4.68 Å². The van der Waals surface area contributed by atoms with Gasteiger partial charge in [0, 0.05) is 31.9 Å². The summed E-state index contributed by atoms with van der Waals surface area (Å²) in [7, 11) is 3.73. The molecule has 5 heteroatoms. The third-order valence-electron chi connectivity index (χ3n) is 3.10. The van der Waals surface area contributed by atoms with Crippen LogP contribution in [0, 0.1) is 0 Å². The summed E-state index contributed by atoms with van der Waals surface area (Å²) in [4.78, 5) is 9.14. The molecule has 3 rings (SSSR count). The molecule has 0 fully saturated rings. The number of aromatic nitrogens is 4. The van der Waals surface area contributed by atoms with E-state index >= 15 is 0 Å². The van der Waals surface area contributed by atoms with E-state index in [9.17, 15) is 0 Å². The minimum Gasteiger partial charge on any atom is -0.373 e. The van der Waals surface area contributed by atoms with Crippen LogP contribution in [0.3, 0.4) is 0 Å². The molecule has 0 radical (unpaired) electrons. The lowest BCUT2D eigenvalue weighted by atomic mass is 10.1. The summed E-state index contributed by atoms with van der Waals surface area (Å²) in [5.41, 5.74) is 2.84. The van der Waals surface area contributed by atoms with Crippen LogP contribution in [-0.4, -0.2) is 26.8 Å². The van der Waals surface area contributed by atoms with Gasteiger partial charge in [0.1, 0.15) is 11.5 Å². The molecule has 3 aromatic rings. The van der Waals surface area contributed by atoms with Gasteiger partial charge in [-0.25, -0.2) is 9.97 Å². The van der Waals surface area contributed by atoms with Crippen molar-refractivity contribution in [2.45, 2.75) is 0 Å². The minimum atomic E-state index is 0.663. The third kappa shape index (κ3) is 2.25. The van der Waals surface area contributed by atoms with Crippen LogP contribution >= 0.6 is 0 Å². The Morgan fingerprint density at radius 2 is 1.85 bits per heavy atom. The lowest BCUT2D eigenvalue weighted by molar-refractivity contribution is 0.770. The van der Waals surface area contributed by atoms with E-state index in [-0.39, 0.29) is 0 Å². The van der Waals surface area contributed by atoms with Crippen molar-refractivity contribution < 1.29 is 0 Å². The normalized spacial score (nSPS) is 10.5. The first kappa shape index (κ1) is 12.3. The number of nitrogens with zero attached hydrogens (tertiary/aromatic N) is 4. The van der Waals surface area contributed by atoms with Gasteiger partial charge in [0.05, 0.1) is 5.69 Å². The first-order chi connectivity index (χ1) is 9.78. The van der Waals surface area contributed by atoms with Crippen molar-refractivity contribution in [2.75, 3.05) is 12.4 Å². The fourth-order valence-electron chi connectivity index (χ4n) is 2.04. The zero-order chi connectivity index (χ0) is 13.9. The van der Waals surface area contributed by atoms with E-state index in [1.165, 1.54) is 0 Å². The highest BCUT2D eigenvalue weighted by molar-refractivity contribution is 5.66. The minimum absolute atomic E-state index is 0.663. The monoisotopic (exact) mass is 265 g/mol. The van der Waals surface area contributed by atoms with E-state index in [1.54, 1.807) is 10.9 Å². The van der Waals surface area contributed by atoms with Crippen LogP contribution < -0.4 is 5.32 Å². The van der Waals surface area contributed by atoms with Gasteiger partial charge in [-0.15, -0.1) is 0 Å². The molecule has 100 valence electrons. The fraction of sp³-hybridized carbons (Fsp3) is 0.133. The van der Waals surface area contributed by atoms with Gasteiger partial charge in [0.2, 0.25) is 0 Å². The topological polar surface area (TPSA) is 55.6 Å². The molecule has 20 heavy (non-hydrogen) atoms. The molecule has 0 amide bonds. The Hall–Kier alpha value is -2.69. The first-order valence-corrected chi connectivity index (χ1v) is 6.38. The van der Waals surface area contributed by atoms with Crippen molar-refractivity contribution in [1.29, 1.82) is 0 Å². The lowest BCUT2D eigenvalue weighted by Crippen LogP contribution is -2.02. The van der Waals surface area contributed by atoms with Gasteiger partial charge in [-0.05, 0) is 6.07 Å². The molecule has 0 aliphatic heterocycles. The predicted octanol–water partition coefficient (Wildman–Crippen LogP) is 2.59. The number of rotatable bonds is 3. The second-order valence-corrected chi connectivity index (χ2v) is 4.42. The fourth-order valence-corrected chi connectivity index (χ4v) is 2.04. The average Bonchev–Trinajstić information content (AvgIpc) is 2.94. The van der Waals surface area contributed by atoms with Crippen LogP contribution in [0.5, 0.6) is 0 Å². The van der Waals surface area contributed by atoms with Crippen LogP contribution in [-0.2, 0) is 7.05 Å². The highest BCUT2D eigenvalue weighted by atomic mass is 15.3. The van der Waals surface area contributed by atoms with E-state index in [2.05, 4.69) is 20.4 Å². The van der Waals surface area contributed by atoms with Crippen LogP contribution in [0.2, 0.25) is 0 Å². The molecule has 0 aliphatic rings. The molecule has 0 saturated carbocycles. The summed E-state index contributed by atoms with van der Waals surface area (Å²) in [6, 6.07) is 13.9. The van der Waals surface area contributed by atoms with Crippen LogP contribution in [0.25, 0.3) is 22.8 Å². The summed E-state index contributed by atoms with van der Waals surface area (Å²) >= 11 is 0. The Balaban J connectivity index is 2.15. The van der Waals surface area contributed by atoms with Crippen molar-refractivity contribution in [3.63, 3.8) is 0 Å². The van der Waals surface area contributed by atoms with Gasteiger partial charge in [-0.2, -0.15) is 5.10 Å². The quantitative estimate of drug-likeness (QED) is 0.791. The van der Waals surface area contributed by atoms with E-state index in [4.69, 9.17) is 0 Å². The van der Waals surface area contributed by atoms with Gasteiger partial charge < -0.3 is 5.32 Å². The molecular formula is C15H15N5. The number of hydrogen-bond acceptors (Lipinski definition) is 4. The van der Waals surface area contributed by atoms with Gasteiger partial charge in [-0.1, -0.05) is 30.3 Å². The van der Waals surface area contributed by atoms with Gasteiger partial charge in [0.25, 0.3) is 0 Å². The molecule has 2 heterocycles. The van der Waals surface area contributed by atoms with E-state index in [0.29, 0.717) is 5.82 Å². The Bertz CT molecular complexity index is 718. The highest BCUT2D eigenvalue weighted by Crippen LogP contribution is 2.23. The maximum absolute atomic E-state index is 4.64. The predicted molar refractivity (Wildman–Crippen MR) is 79.2 cm³/mol. The van der Waals surface area contributed by atoms with E-state index in [0.717, 1.165) is 22.8 Å². The zero-order valence-corrected chi connectivity index (χ0v) is 11.4. The lowest BCUT2D eigenvalue weighted by Gasteiger charge is -2.08. The van der Waals surface area contributed by atoms with Crippen molar-refractivity contribution in [3.05, 3.63) is 48.7 Å². The summed E-state index contributed by atoms with van der Waals surface area (Å²) < 4.78 is 1.77. The average molecular weight is 265 g/mol. The van der Waals surface area contributed by atoms with E-state index in [1.807, 2.05) is 56.6 Å². The number of nitrogens with one attached hydrogen (secondary N) is 1. The molecule has 5 nitrogen and oxygen atoms in total. The molecule has 1 N–H and O–H groups in total. The van der Waals surface area contributed by atoms with Crippen LogP contribution in [0.15, 0.2) is 48.7 Å². The third-order valence-corrected chi connectivity index (χ3v) is 3.10. The summed E-state index contributed by atoms with van der Waals surface area (Å²) in [6.45, 7) is 0. The summed E-state index contributed by atoms with van der Waals surface area (Å²) in [5.74, 6) is 1.45. The number of aryl methyl sites for hydroxylation is 1. The van der Waals surface area contributed by atoms with Crippen molar-refractivity contribution in [2.24, 2.45) is 7.05 Å². The molecule has 0 aliphatic carbocycles. The smallest absolute Gasteiger partial charge is 0.180 e. The SMILES string of the molecule is CNc1cc(-c2ccccc2)nc(-c2ccnn2C)n1. The molecule has 1 aromatic carbocycles. The van der Waals surface area contributed by atoms with Gasteiger partial charge in [0.15, 0.2) is 5.82 Å². The summed E-state index contributed by atoms with van der Waals surface area (Å²) in [5, 5.41) is 7.25. The maximum Gasteiger partial charge on any atom is 0.180 e. The molecule has 0 spiro atoms. The first-order valence-electron chi connectivity index (χ1n) is 6.38. The Morgan fingerprint density at radius 1 is 1.05 bits per heavy atom. The second kappa shape index (κ2) is 5.13. The highest BCUT2D eigenvalue weighted by Gasteiger charge is 2.10. The van der Waals surface area contributed by atoms with Crippen molar-refractivity contribution in [3.8, 4) is 22.8 Å². The number of benzene rings is 1. The molecular weight excluding hydrogens is 250 g/mol. The number of hydrogen-bond donors (Lipinski definition) is 1. The Morgan fingerprint density at radius 3 is 2.50 bits per heavy atom. The summed E-state index contributed by atoms with van der Waals surface area (Å²) in [6.07, 6.45) is 1.74. The largest absolute Gasteiger partial charge is 0.373 e. The molecule has 2 aromatic heterocycles. The molecule has 0 saturated heterocycles. The maximum atomic E-state index is 4.64. The standard InChI is InChI=1S/C15H15N5/c1-16-14-10-12(11-6-4-3-5-7-11)18-15(19-14)13-8-9-17-20(13)2/h3-10H,1-2H3,(H,16,18,19). The van der Waals surface area contributed by atoms with Crippen molar-refractivity contribution >= 4 is 5.82 Å². The van der Waals surface area contributed by atoms with Crippen LogP contribution in [0.1, 0.15) is 0 Å². The van der Waals surface area contributed by atoms with Crippen LogP contribution in [0.4, 0.5) is 5.82 Å². The van der Waals surface area contributed by atoms with Gasteiger partial charge >= 0.3 is 0 Å². The zero-order valence-electron chi connectivity index (χ0n) is 11.4. The molecule has 0 atom stereocenters. The van der Waals surface area contributed by atoms with Crippen molar-refractivity contribution in [1.82, 2.24) is 19.7 Å². The molecule has 0 bridgehead atoms. The van der Waals surface area contributed by atoms with E-state index < -0.39 is 0 Å². The molecule has 0 unspecified atom stereocenters.